The van der Waals surface area contributed by atoms with E-state index in [4.69, 9.17) is 5.11 Å². The van der Waals surface area contributed by atoms with Crippen molar-refractivity contribution in [2.24, 2.45) is 0 Å². The highest BCUT2D eigenvalue weighted by molar-refractivity contribution is 5.86. The largest absolute Gasteiger partial charge is 0.476 e. The summed E-state index contributed by atoms with van der Waals surface area (Å²) in [6.07, 6.45) is -4.69. The maximum absolute atomic E-state index is 12.9. The third-order valence-electron chi connectivity index (χ3n) is 2.76. The van der Waals surface area contributed by atoms with Crippen molar-refractivity contribution in [2.75, 3.05) is 0 Å². The second-order valence-electron chi connectivity index (χ2n) is 4.25. The molecule has 21 heavy (non-hydrogen) atoms. The van der Waals surface area contributed by atoms with Crippen LogP contribution in [0.1, 0.15) is 21.6 Å². The van der Waals surface area contributed by atoms with Crippen LogP contribution in [0.4, 0.5) is 13.2 Å². The van der Waals surface area contributed by atoms with Crippen LogP contribution >= 0.6 is 0 Å². The summed E-state index contributed by atoms with van der Waals surface area (Å²) in [6, 6.07) is 5.26. The van der Waals surface area contributed by atoms with Crippen LogP contribution in [0.3, 0.4) is 0 Å². The summed E-state index contributed by atoms with van der Waals surface area (Å²) in [5, 5.41) is 12.5. The van der Waals surface area contributed by atoms with Gasteiger partial charge in [0.15, 0.2) is 5.69 Å². The predicted molar refractivity (Wildman–Crippen MR) is 66.5 cm³/mol. The lowest BCUT2D eigenvalue weighted by molar-refractivity contribution is -0.137. The van der Waals surface area contributed by atoms with Gasteiger partial charge in [0, 0.05) is 6.07 Å². The molecule has 2 rings (SSSR count). The van der Waals surface area contributed by atoms with E-state index in [1.54, 1.807) is 0 Å². The SMILES string of the molecule is Cc1cc(=O)n(-c2ccccc2C(F)(F)F)nc1C(=O)O. The van der Waals surface area contributed by atoms with Gasteiger partial charge in [0.1, 0.15) is 0 Å². The molecule has 0 aliphatic carbocycles. The van der Waals surface area contributed by atoms with Gasteiger partial charge in [-0.05, 0) is 24.6 Å². The summed E-state index contributed by atoms with van der Waals surface area (Å²) in [7, 11) is 0. The molecule has 110 valence electrons. The molecule has 8 heteroatoms. The maximum Gasteiger partial charge on any atom is 0.418 e. The molecule has 0 fully saturated rings. The molecule has 1 N–H and O–H groups in total. The van der Waals surface area contributed by atoms with E-state index in [1.165, 1.54) is 19.1 Å². The van der Waals surface area contributed by atoms with Gasteiger partial charge in [-0.1, -0.05) is 12.1 Å². The highest BCUT2D eigenvalue weighted by atomic mass is 19.4. The summed E-state index contributed by atoms with van der Waals surface area (Å²) in [5.41, 5.74) is -2.83. The maximum atomic E-state index is 12.9. The number of hydrogen-bond acceptors (Lipinski definition) is 3. The molecule has 0 radical (unpaired) electrons. The van der Waals surface area contributed by atoms with E-state index in [0.717, 1.165) is 18.2 Å². The van der Waals surface area contributed by atoms with Gasteiger partial charge in [0.25, 0.3) is 5.56 Å². The van der Waals surface area contributed by atoms with E-state index < -0.39 is 34.6 Å². The predicted octanol–water partition coefficient (Wildman–Crippen LogP) is 2.26. The molecule has 0 saturated heterocycles. The third-order valence-corrected chi connectivity index (χ3v) is 2.76. The Labute approximate surface area is 116 Å². The molecule has 0 atom stereocenters. The number of benzene rings is 1. The third kappa shape index (κ3) is 2.78. The first-order chi connectivity index (χ1) is 9.71. The minimum atomic E-state index is -4.69. The molecule has 0 saturated carbocycles. The van der Waals surface area contributed by atoms with E-state index in [1.807, 2.05) is 0 Å². The van der Waals surface area contributed by atoms with Gasteiger partial charge in [0.05, 0.1) is 11.3 Å². The van der Waals surface area contributed by atoms with Gasteiger partial charge < -0.3 is 5.11 Å². The zero-order valence-electron chi connectivity index (χ0n) is 10.7. The van der Waals surface area contributed by atoms with Crippen LogP contribution < -0.4 is 5.56 Å². The molecule has 1 heterocycles. The first kappa shape index (κ1) is 14.8. The van der Waals surface area contributed by atoms with Crippen LogP contribution in [-0.2, 0) is 6.18 Å². The highest BCUT2D eigenvalue weighted by Crippen LogP contribution is 2.32. The van der Waals surface area contributed by atoms with Crippen molar-refractivity contribution in [2.45, 2.75) is 13.1 Å². The standard InChI is InChI=1S/C13H9F3N2O3/c1-7-6-10(19)18(17-11(7)12(20)21)9-5-3-2-4-8(9)13(14,15)16/h2-6H,1H3,(H,20,21). The van der Waals surface area contributed by atoms with Crippen LogP contribution in [0.5, 0.6) is 0 Å². The number of aromatic carboxylic acids is 1. The van der Waals surface area contributed by atoms with Crippen LogP contribution in [0.2, 0.25) is 0 Å². The molecule has 0 aliphatic heterocycles. The second kappa shape index (κ2) is 5.04. The van der Waals surface area contributed by atoms with Gasteiger partial charge >= 0.3 is 12.1 Å². The molecule has 2 aromatic rings. The summed E-state index contributed by atoms with van der Waals surface area (Å²) < 4.78 is 39.3. The highest BCUT2D eigenvalue weighted by Gasteiger charge is 2.34. The van der Waals surface area contributed by atoms with Crippen molar-refractivity contribution in [3.05, 3.63) is 57.5 Å². The van der Waals surface area contributed by atoms with Crippen molar-refractivity contribution < 1.29 is 23.1 Å². The van der Waals surface area contributed by atoms with E-state index in [0.29, 0.717) is 4.68 Å². The number of aromatic nitrogens is 2. The average Bonchev–Trinajstić information content (AvgIpc) is 2.37. The number of halogens is 3. The van der Waals surface area contributed by atoms with Crippen LogP contribution in [0.25, 0.3) is 5.69 Å². The number of alkyl halides is 3. The topological polar surface area (TPSA) is 72.2 Å². The number of carboxylic acid groups (broad SMARTS) is 1. The van der Waals surface area contributed by atoms with E-state index >= 15 is 0 Å². The molecular weight excluding hydrogens is 289 g/mol. The summed E-state index contributed by atoms with van der Waals surface area (Å²) in [6.45, 7) is 1.35. The Morgan fingerprint density at radius 3 is 2.48 bits per heavy atom. The molecule has 0 spiro atoms. The normalized spacial score (nSPS) is 11.4. The molecular formula is C13H9F3N2O3. The Bertz CT molecular complexity index is 766. The zero-order valence-corrected chi connectivity index (χ0v) is 10.7. The summed E-state index contributed by atoms with van der Waals surface area (Å²) in [5.74, 6) is -1.43. The molecule has 1 aromatic heterocycles. The van der Waals surface area contributed by atoms with Gasteiger partial charge in [-0.15, -0.1) is 0 Å². The molecule has 0 bridgehead atoms. The monoisotopic (exact) mass is 298 g/mol. The Morgan fingerprint density at radius 1 is 1.29 bits per heavy atom. The fourth-order valence-corrected chi connectivity index (χ4v) is 1.82. The lowest BCUT2D eigenvalue weighted by atomic mass is 10.1. The Kier molecular flexibility index (Phi) is 3.54. The van der Waals surface area contributed by atoms with Gasteiger partial charge in [-0.25, -0.2) is 4.79 Å². The Balaban J connectivity index is 2.77. The number of para-hydroxylation sites is 1. The number of hydrogen-bond donors (Lipinski definition) is 1. The lowest BCUT2D eigenvalue weighted by Crippen LogP contribution is -2.26. The Morgan fingerprint density at radius 2 is 1.90 bits per heavy atom. The summed E-state index contributed by atoms with van der Waals surface area (Å²) >= 11 is 0. The molecule has 5 nitrogen and oxygen atoms in total. The van der Waals surface area contributed by atoms with Gasteiger partial charge in [-0.2, -0.15) is 23.0 Å². The fraction of sp³-hybridized carbons (Fsp3) is 0.154. The van der Waals surface area contributed by atoms with E-state index in [2.05, 4.69) is 5.10 Å². The quantitative estimate of drug-likeness (QED) is 0.923. The molecule has 0 aliphatic rings. The second-order valence-corrected chi connectivity index (χ2v) is 4.25. The van der Waals surface area contributed by atoms with Gasteiger partial charge in [0.2, 0.25) is 0 Å². The van der Waals surface area contributed by atoms with E-state index in [9.17, 15) is 22.8 Å². The van der Waals surface area contributed by atoms with Crippen molar-refractivity contribution in [1.29, 1.82) is 0 Å². The summed E-state index contributed by atoms with van der Waals surface area (Å²) in [4.78, 5) is 22.8. The smallest absolute Gasteiger partial charge is 0.418 e. The van der Waals surface area contributed by atoms with Crippen LogP contribution in [-0.4, -0.2) is 20.9 Å². The minimum Gasteiger partial charge on any atom is -0.476 e. The van der Waals surface area contributed by atoms with Crippen molar-refractivity contribution >= 4 is 5.97 Å². The first-order valence-corrected chi connectivity index (χ1v) is 5.72. The van der Waals surface area contributed by atoms with E-state index in [-0.39, 0.29) is 5.56 Å². The van der Waals surface area contributed by atoms with Crippen molar-refractivity contribution in [3.8, 4) is 5.69 Å². The molecule has 0 unspecified atom stereocenters. The van der Waals surface area contributed by atoms with Crippen LogP contribution in [0.15, 0.2) is 35.1 Å². The minimum absolute atomic E-state index is 0.0771. The number of aryl methyl sites for hydroxylation is 1. The number of carbonyl (C=O) groups is 1. The fourth-order valence-electron chi connectivity index (χ4n) is 1.82. The number of nitrogens with zero attached hydrogens (tertiary/aromatic N) is 2. The number of rotatable bonds is 2. The van der Waals surface area contributed by atoms with Crippen molar-refractivity contribution in [3.63, 3.8) is 0 Å². The Hall–Kier alpha value is -2.64. The van der Waals surface area contributed by atoms with Crippen LogP contribution in [0, 0.1) is 6.92 Å². The van der Waals surface area contributed by atoms with Crippen molar-refractivity contribution in [1.82, 2.24) is 9.78 Å². The number of carboxylic acids is 1. The first-order valence-electron chi connectivity index (χ1n) is 5.72. The van der Waals surface area contributed by atoms with Gasteiger partial charge in [-0.3, -0.25) is 4.79 Å². The molecule has 1 aromatic carbocycles. The molecule has 0 amide bonds. The zero-order chi connectivity index (χ0) is 15.8. The average molecular weight is 298 g/mol. The lowest BCUT2D eigenvalue weighted by Gasteiger charge is -2.14.